The van der Waals surface area contributed by atoms with Crippen LogP contribution in [0.15, 0.2) is 29.3 Å². The number of methoxy groups -OCH3 is 1. The second-order valence-electron chi connectivity index (χ2n) is 4.21. The van der Waals surface area contributed by atoms with Crippen LogP contribution in [0.25, 0.3) is 0 Å². The number of halogens is 2. The van der Waals surface area contributed by atoms with E-state index < -0.39 is 0 Å². The number of ether oxygens (including phenoxy) is 1. The molecule has 0 atom stereocenters. The Balaban J connectivity index is 0.00000361. The predicted octanol–water partition coefficient (Wildman–Crippen LogP) is 2.49. The molecule has 0 aliphatic rings. The van der Waals surface area contributed by atoms with Gasteiger partial charge in [-0.05, 0) is 24.6 Å². The summed E-state index contributed by atoms with van der Waals surface area (Å²) in [4.78, 5) is 6.46. The Morgan fingerprint density at radius 2 is 2.00 bits per heavy atom. The van der Waals surface area contributed by atoms with Crippen molar-refractivity contribution in [1.29, 1.82) is 0 Å². The van der Waals surface area contributed by atoms with Crippen LogP contribution >= 0.6 is 24.0 Å². The van der Waals surface area contributed by atoms with Crippen LogP contribution in [-0.2, 0) is 11.3 Å². The summed E-state index contributed by atoms with van der Waals surface area (Å²) in [7, 11) is 3.61. The SMILES string of the molecule is CCNC(=NCCOC)N(C)Cc1ccc(F)cc1.I. The molecule has 0 unspecified atom stereocenters. The molecule has 6 heteroatoms. The Labute approximate surface area is 137 Å². The van der Waals surface area contributed by atoms with Crippen LogP contribution in [-0.4, -0.2) is 44.7 Å². The Bertz CT molecular complexity index is 398. The Kier molecular flexibility index (Phi) is 10.4. The highest BCUT2D eigenvalue weighted by Gasteiger charge is 2.06. The average Bonchev–Trinajstić information content (AvgIpc) is 2.40. The van der Waals surface area contributed by atoms with E-state index in [1.165, 1.54) is 12.1 Å². The summed E-state index contributed by atoms with van der Waals surface area (Å²) in [5.41, 5.74) is 1.04. The van der Waals surface area contributed by atoms with E-state index in [4.69, 9.17) is 4.74 Å². The maximum atomic E-state index is 12.8. The molecule has 1 rings (SSSR count). The molecule has 1 aromatic carbocycles. The highest BCUT2D eigenvalue weighted by atomic mass is 127. The van der Waals surface area contributed by atoms with Gasteiger partial charge in [0.25, 0.3) is 0 Å². The van der Waals surface area contributed by atoms with Crippen LogP contribution in [0.2, 0.25) is 0 Å². The largest absolute Gasteiger partial charge is 0.383 e. The minimum Gasteiger partial charge on any atom is -0.383 e. The maximum Gasteiger partial charge on any atom is 0.194 e. The molecule has 0 spiro atoms. The molecule has 0 bridgehead atoms. The Morgan fingerprint density at radius 1 is 1.35 bits per heavy atom. The monoisotopic (exact) mass is 395 g/mol. The van der Waals surface area contributed by atoms with Gasteiger partial charge in [0.05, 0.1) is 13.2 Å². The minimum absolute atomic E-state index is 0. The molecule has 1 N–H and O–H groups in total. The molecule has 1 aromatic rings. The second-order valence-corrected chi connectivity index (χ2v) is 4.21. The fourth-order valence-electron chi connectivity index (χ4n) is 1.65. The minimum atomic E-state index is -0.216. The van der Waals surface area contributed by atoms with E-state index in [9.17, 15) is 4.39 Å². The normalized spacial score (nSPS) is 10.9. The summed E-state index contributed by atoms with van der Waals surface area (Å²) in [5.74, 6) is 0.607. The number of guanidine groups is 1. The molecular weight excluding hydrogens is 372 g/mol. The van der Waals surface area contributed by atoms with E-state index in [0.29, 0.717) is 19.7 Å². The van der Waals surface area contributed by atoms with Gasteiger partial charge in [-0.15, -0.1) is 24.0 Å². The van der Waals surface area contributed by atoms with Crippen LogP contribution in [0.1, 0.15) is 12.5 Å². The molecule has 114 valence electrons. The van der Waals surface area contributed by atoms with Gasteiger partial charge >= 0.3 is 0 Å². The first-order chi connectivity index (χ1) is 9.17. The van der Waals surface area contributed by atoms with Gasteiger partial charge in [-0.3, -0.25) is 4.99 Å². The maximum absolute atomic E-state index is 12.8. The number of benzene rings is 1. The van der Waals surface area contributed by atoms with E-state index >= 15 is 0 Å². The average molecular weight is 395 g/mol. The van der Waals surface area contributed by atoms with E-state index in [2.05, 4.69) is 10.3 Å². The fraction of sp³-hybridized carbons (Fsp3) is 0.500. The fourth-order valence-corrected chi connectivity index (χ4v) is 1.65. The highest BCUT2D eigenvalue weighted by Crippen LogP contribution is 2.05. The quantitative estimate of drug-likeness (QED) is 0.348. The summed E-state index contributed by atoms with van der Waals surface area (Å²) >= 11 is 0. The summed E-state index contributed by atoms with van der Waals surface area (Å²) in [6.07, 6.45) is 0. The number of rotatable bonds is 6. The topological polar surface area (TPSA) is 36.9 Å². The first kappa shape index (κ1) is 19.1. The molecule has 0 saturated carbocycles. The summed E-state index contributed by atoms with van der Waals surface area (Å²) in [6.45, 7) is 4.72. The molecule has 0 aliphatic heterocycles. The first-order valence-corrected chi connectivity index (χ1v) is 6.40. The third-order valence-electron chi connectivity index (χ3n) is 2.59. The number of nitrogens with one attached hydrogen (secondary N) is 1. The van der Waals surface area contributed by atoms with Crippen LogP contribution in [0.5, 0.6) is 0 Å². The van der Waals surface area contributed by atoms with Gasteiger partial charge in [0.1, 0.15) is 5.82 Å². The smallest absolute Gasteiger partial charge is 0.194 e. The lowest BCUT2D eigenvalue weighted by Crippen LogP contribution is -2.38. The number of hydrogen-bond donors (Lipinski definition) is 1. The van der Waals surface area contributed by atoms with Crippen LogP contribution < -0.4 is 5.32 Å². The molecule has 4 nitrogen and oxygen atoms in total. The van der Waals surface area contributed by atoms with Crippen LogP contribution in [0.4, 0.5) is 4.39 Å². The van der Waals surface area contributed by atoms with Crippen LogP contribution in [0.3, 0.4) is 0 Å². The van der Waals surface area contributed by atoms with Gasteiger partial charge in [0, 0.05) is 27.2 Å². The Morgan fingerprint density at radius 3 is 2.55 bits per heavy atom. The number of nitrogens with zero attached hydrogens (tertiary/aromatic N) is 2. The molecule has 0 saturated heterocycles. The van der Waals surface area contributed by atoms with Gasteiger partial charge in [-0.2, -0.15) is 0 Å². The van der Waals surface area contributed by atoms with Crippen molar-refractivity contribution >= 4 is 29.9 Å². The van der Waals surface area contributed by atoms with Crippen LogP contribution in [0, 0.1) is 5.82 Å². The standard InChI is InChI=1S/C14H22FN3O.HI/c1-4-16-14(17-9-10-19-3)18(2)11-12-5-7-13(15)8-6-12;/h5-8H,4,9-11H2,1-3H3,(H,16,17);1H. The molecule has 0 fully saturated rings. The summed E-state index contributed by atoms with van der Waals surface area (Å²) in [5, 5.41) is 3.22. The van der Waals surface area contributed by atoms with E-state index in [1.54, 1.807) is 19.2 Å². The van der Waals surface area contributed by atoms with Gasteiger partial charge < -0.3 is 15.0 Å². The van der Waals surface area contributed by atoms with Gasteiger partial charge in [0.2, 0.25) is 0 Å². The molecule has 0 amide bonds. The van der Waals surface area contributed by atoms with Crippen molar-refractivity contribution in [1.82, 2.24) is 10.2 Å². The van der Waals surface area contributed by atoms with Crippen molar-refractivity contribution in [2.45, 2.75) is 13.5 Å². The first-order valence-electron chi connectivity index (χ1n) is 6.40. The summed E-state index contributed by atoms with van der Waals surface area (Å²) in [6, 6.07) is 6.51. The zero-order valence-corrected chi connectivity index (χ0v) is 14.6. The zero-order chi connectivity index (χ0) is 14.1. The van der Waals surface area contributed by atoms with Crippen molar-refractivity contribution < 1.29 is 9.13 Å². The number of hydrogen-bond acceptors (Lipinski definition) is 2. The third-order valence-corrected chi connectivity index (χ3v) is 2.59. The van der Waals surface area contributed by atoms with Gasteiger partial charge in [-0.1, -0.05) is 12.1 Å². The lowest BCUT2D eigenvalue weighted by Gasteiger charge is -2.22. The van der Waals surface area contributed by atoms with Crippen molar-refractivity contribution in [2.75, 3.05) is 33.9 Å². The predicted molar refractivity (Wildman–Crippen MR) is 91.1 cm³/mol. The molecule has 0 aliphatic carbocycles. The molecule has 0 aromatic heterocycles. The lowest BCUT2D eigenvalue weighted by molar-refractivity contribution is 0.207. The third kappa shape index (κ3) is 7.04. The van der Waals surface area contributed by atoms with Crippen molar-refractivity contribution in [3.63, 3.8) is 0 Å². The molecule has 20 heavy (non-hydrogen) atoms. The molecular formula is C14H23FIN3O. The Hall–Kier alpha value is -0.890. The van der Waals surface area contributed by atoms with Gasteiger partial charge in [-0.25, -0.2) is 4.39 Å². The van der Waals surface area contributed by atoms with E-state index in [1.807, 2.05) is 18.9 Å². The second kappa shape index (κ2) is 10.8. The molecule has 0 radical (unpaired) electrons. The van der Waals surface area contributed by atoms with Gasteiger partial charge in [0.15, 0.2) is 5.96 Å². The van der Waals surface area contributed by atoms with Crippen molar-refractivity contribution in [3.05, 3.63) is 35.6 Å². The van der Waals surface area contributed by atoms with Crippen molar-refractivity contribution in [3.8, 4) is 0 Å². The zero-order valence-electron chi connectivity index (χ0n) is 12.2. The van der Waals surface area contributed by atoms with E-state index in [-0.39, 0.29) is 29.8 Å². The van der Waals surface area contributed by atoms with E-state index in [0.717, 1.165) is 18.1 Å². The number of aliphatic imine (C=N–C) groups is 1. The lowest BCUT2D eigenvalue weighted by atomic mass is 10.2. The van der Waals surface area contributed by atoms with Crippen molar-refractivity contribution in [2.24, 2.45) is 4.99 Å². The highest BCUT2D eigenvalue weighted by molar-refractivity contribution is 14.0. The summed E-state index contributed by atoms with van der Waals surface area (Å²) < 4.78 is 17.8. The molecule has 0 heterocycles.